The Hall–Kier alpha value is -2.00. The van der Waals surface area contributed by atoms with Gasteiger partial charge in [0, 0.05) is 44.9 Å². The van der Waals surface area contributed by atoms with Crippen LogP contribution < -0.4 is 0 Å². The van der Waals surface area contributed by atoms with Crippen LogP contribution in [0.4, 0.5) is 0 Å². The summed E-state index contributed by atoms with van der Waals surface area (Å²) in [6.07, 6.45) is 8.01. The summed E-state index contributed by atoms with van der Waals surface area (Å²) in [6, 6.07) is -0.269. The number of ether oxygens (including phenoxy) is 1. The third-order valence-corrected chi connectivity index (χ3v) is 6.83. The zero-order valence-electron chi connectivity index (χ0n) is 19.8. The Morgan fingerprint density at radius 1 is 1.31 bits per heavy atom. The molecule has 2 heterocycles. The van der Waals surface area contributed by atoms with Gasteiger partial charge in [0.1, 0.15) is 5.69 Å². The number of fused-ring (bicyclic) bond motifs is 2. The predicted molar refractivity (Wildman–Crippen MR) is 119 cm³/mol. The van der Waals surface area contributed by atoms with Crippen molar-refractivity contribution < 1.29 is 19.4 Å². The first-order valence-corrected chi connectivity index (χ1v) is 12.0. The topological polar surface area (TPSA) is 101 Å². The van der Waals surface area contributed by atoms with Gasteiger partial charge in [0.2, 0.25) is 11.8 Å². The average molecular weight is 450 g/mol. The molecule has 2 amide bonds. The SMILES string of the molecule is C[C@H]1CN([C@@H](C)CO)C(=O)CCCn2cc(nn2)CO[C@@H]1CN(C)C(=O)C1CCCCC1. The second-order valence-electron chi connectivity index (χ2n) is 9.53. The van der Waals surface area contributed by atoms with E-state index in [0.717, 1.165) is 31.4 Å². The van der Waals surface area contributed by atoms with Crippen LogP contribution in [0.25, 0.3) is 0 Å². The highest BCUT2D eigenvalue weighted by Crippen LogP contribution is 2.26. The number of aryl methyl sites for hydroxylation is 1. The Morgan fingerprint density at radius 2 is 2.06 bits per heavy atom. The smallest absolute Gasteiger partial charge is 0.225 e. The Morgan fingerprint density at radius 3 is 2.78 bits per heavy atom. The van der Waals surface area contributed by atoms with Crippen LogP contribution in [-0.2, 0) is 27.5 Å². The molecule has 0 radical (unpaired) electrons. The molecule has 1 aliphatic heterocycles. The van der Waals surface area contributed by atoms with Crippen molar-refractivity contribution in [2.75, 3.05) is 26.7 Å². The zero-order valence-corrected chi connectivity index (χ0v) is 19.8. The third kappa shape index (κ3) is 6.51. The lowest BCUT2D eigenvalue weighted by Gasteiger charge is -2.36. The van der Waals surface area contributed by atoms with E-state index in [2.05, 4.69) is 10.3 Å². The van der Waals surface area contributed by atoms with Gasteiger partial charge in [-0.15, -0.1) is 5.10 Å². The average Bonchev–Trinajstić information content (AvgIpc) is 3.26. The molecule has 0 saturated heterocycles. The van der Waals surface area contributed by atoms with E-state index in [-0.39, 0.29) is 42.4 Å². The van der Waals surface area contributed by atoms with E-state index in [1.54, 1.807) is 14.5 Å². The number of hydrogen-bond donors (Lipinski definition) is 1. The molecule has 1 aromatic heterocycles. The first kappa shape index (κ1) is 24.6. The summed E-state index contributed by atoms with van der Waals surface area (Å²) in [7, 11) is 1.85. The van der Waals surface area contributed by atoms with Crippen LogP contribution in [0.2, 0.25) is 0 Å². The molecule has 1 aliphatic carbocycles. The van der Waals surface area contributed by atoms with Crippen molar-refractivity contribution in [2.24, 2.45) is 11.8 Å². The van der Waals surface area contributed by atoms with Crippen LogP contribution in [0.1, 0.15) is 64.5 Å². The fourth-order valence-corrected chi connectivity index (χ4v) is 4.71. The lowest BCUT2D eigenvalue weighted by molar-refractivity contribution is -0.140. The molecule has 2 aliphatic rings. The summed E-state index contributed by atoms with van der Waals surface area (Å²) in [5, 5.41) is 18.0. The lowest BCUT2D eigenvalue weighted by atomic mass is 9.88. The lowest BCUT2D eigenvalue weighted by Crippen LogP contribution is -2.48. The number of amides is 2. The molecule has 0 unspecified atom stereocenters. The van der Waals surface area contributed by atoms with Crippen molar-refractivity contribution in [1.82, 2.24) is 24.8 Å². The number of likely N-dealkylation sites (N-methyl/N-ethyl adjacent to an activating group) is 1. The molecule has 1 saturated carbocycles. The van der Waals surface area contributed by atoms with Gasteiger partial charge in [-0.1, -0.05) is 31.4 Å². The number of aliphatic hydroxyl groups is 1. The maximum Gasteiger partial charge on any atom is 0.225 e. The van der Waals surface area contributed by atoms with E-state index >= 15 is 0 Å². The minimum absolute atomic E-state index is 0.0170. The molecule has 1 fully saturated rings. The molecule has 180 valence electrons. The molecule has 3 rings (SSSR count). The first-order valence-electron chi connectivity index (χ1n) is 12.0. The highest BCUT2D eigenvalue weighted by molar-refractivity contribution is 5.78. The van der Waals surface area contributed by atoms with Gasteiger partial charge in [-0.2, -0.15) is 0 Å². The zero-order chi connectivity index (χ0) is 23.1. The van der Waals surface area contributed by atoms with Crippen LogP contribution in [0.5, 0.6) is 0 Å². The number of carbonyl (C=O) groups excluding carboxylic acids is 2. The molecule has 1 aromatic rings. The Labute approximate surface area is 191 Å². The van der Waals surface area contributed by atoms with Crippen molar-refractivity contribution in [1.29, 1.82) is 0 Å². The van der Waals surface area contributed by atoms with Crippen LogP contribution >= 0.6 is 0 Å². The van der Waals surface area contributed by atoms with Gasteiger partial charge in [0.25, 0.3) is 0 Å². The maximum absolute atomic E-state index is 13.0. The Bertz CT molecular complexity index is 749. The van der Waals surface area contributed by atoms with Gasteiger partial charge in [-0.25, -0.2) is 0 Å². The number of carbonyl (C=O) groups is 2. The molecule has 9 heteroatoms. The summed E-state index contributed by atoms with van der Waals surface area (Å²) < 4.78 is 8.00. The molecule has 0 aromatic carbocycles. The van der Waals surface area contributed by atoms with Gasteiger partial charge < -0.3 is 19.6 Å². The van der Waals surface area contributed by atoms with Crippen LogP contribution in [0.15, 0.2) is 6.20 Å². The number of aromatic nitrogens is 3. The van der Waals surface area contributed by atoms with Gasteiger partial charge in [-0.05, 0) is 26.2 Å². The van der Waals surface area contributed by atoms with Crippen molar-refractivity contribution in [3.8, 4) is 0 Å². The number of hydrogen-bond acceptors (Lipinski definition) is 6. The minimum atomic E-state index is -0.269. The summed E-state index contributed by atoms with van der Waals surface area (Å²) >= 11 is 0. The van der Waals surface area contributed by atoms with Crippen LogP contribution in [-0.4, -0.2) is 80.6 Å². The summed E-state index contributed by atoms with van der Waals surface area (Å²) in [6.45, 7) is 5.67. The fraction of sp³-hybridized carbons (Fsp3) is 0.826. The van der Waals surface area contributed by atoms with Gasteiger partial charge in [0.15, 0.2) is 0 Å². The van der Waals surface area contributed by atoms with Gasteiger partial charge >= 0.3 is 0 Å². The molecule has 2 bridgehead atoms. The van der Waals surface area contributed by atoms with Crippen LogP contribution in [0, 0.1) is 11.8 Å². The van der Waals surface area contributed by atoms with E-state index in [4.69, 9.17) is 4.74 Å². The van der Waals surface area contributed by atoms with Crippen molar-refractivity contribution in [2.45, 2.75) is 84.1 Å². The highest BCUT2D eigenvalue weighted by Gasteiger charge is 2.30. The standard InChI is InChI=1S/C23H39N5O4/c1-17-12-28(18(2)15-29)22(30)10-7-11-27-13-20(24-25-27)16-32-21(17)14-26(3)23(31)19-8-5-4-6-9-19/h13,17-19,21,29H,4-12,14-16H2,1-3H3/t17-,18-,21+/m0/s1. The summed E-state index contributed by atoms with van der Waals surface area (Å²) in [4.78, 5) is 29.5. The summed E-state index contributed by atoms with van der Waals surface area (Å²) in [5.74, 6) is 0.283. The molecular formula is C23H39N5O4. The van der Waals surface area contributed by atoms with Gasteiger partial charge in [-0.3, -0.25) is 14.3 Å². The van der Waals surface area contributed by atoms with Gasteiger partial charge in [0.05, 0.1) is 31.6 Å². The minimum Gasteiger partial charge on any atom is -0.394 e. The van der Waals surface area contributed by atoms with E-state index in [1.165, 1.54) is 6.42 Å². The molecule has 1 N–H and O–H groups in total. The quantitative estimate of drug-likeness (QED) is 0.736. The fourth-order valence-electron chi connectivity index (χ4n) is 4.71. The second kappa shape index (κ2) is 11.7. The largest absolute Gasteiger partial charge is 0.394 e. The molecule has 0 spiro atoms. The van der Waals surface area contributed by atoms with E-state index in [1.807, 2.05) is 27.1 Å². The number of nitrogens with zero attached hydrogens (tertiary/aromatic N) is 5. The molecule has 3 atom stereocenters. The normalized spacial score (nSPS) is 24.9. The number of aliphatic hydroxyl groups excluding tert-OH is 1. The number of rotatable bonds is 5. The monoisotopic (exact) mass is 449 g/mol. The third-order valence-electron chi connectivity index (χ3n) is 6.83. The Balaban J connectivity index is 1.75. The molecule has 9 nitrogen and oxygen atoms in total. The van der Waals surface area contributed by atoms with E-state index < -0.39 is 0 Å². The van der Waals surface area contributed by atoms with E-state index in [0.29, 0.717) is 39.1 Å². The van der Waals surface area contributed by atoms with Crippen molar-refractivity contribution >= 4 is 11.8 Å². The van der Waals surface area contributed by atoms with Crippen LogP contribution in [0.3, 0.4) is 0 Å². The highest BCUT2D eigenvalue weighted by atomic mass is 16.5. The molecule has 32 heavy (non-hydrogen) atoms. The van der Waals surface area contributed by atoms with E-state index in [9.17, 15) is 14.7 Å². The van der Waals surface area contributed by atoms with Crippen molar-refractivity contribution in [3.63, 3.8) is 0 Å². The summed E-state index contributed by atoms with van der Waals surface area (Å²) in [5.41, 5.74) is 0.745. The van der Waals surface area contributed by atoms with Crippen molar-refractivity contribution in [3.05, 3.63) is 11.9 Å². The second-order valence-corrected chi connectivity index (χ2v) is 9.53. The Kier molecular flexibility index (Phi) is 9.04. The predicted octanol–water partition coefficient (Wildman–Crippen LogP) is 1.84. The maximum atomic E-state index is 13.0. The first-order chi connectivity index (χ1) is 15.4. The molecular weight excluding hydrogens is 410 g/mol.